The molecule has 1 N–H and O–H groups in total. The van der Waals surface area contributed by atoms with E-state index < -0.39 is 0 Å². The monoisotopic (exact) mass is 451 g/mol. The first kappa shape index (κ1) is 21.3. The molecule has 1 saturated heterocycles. The summed E-state index contributed by atoms with van der Waals surface area (Å²) in [5.41, 5.74) is 6.10. The number of hydrogen-bond donors (Lipinski definition) is 1. The van der Waals surface area contributed by atoms with E-state index in [0.717, 1.165) is 69.7 Å². The van der Waals surface area contributed by atoms with Gasteiger partial charge in [-0.25, -0.2) is 4.68 Å². The molecule has 32 heavy (non-hydrogen) atoms. The molecule has 1 aromatic carbocycles. The molecule has 0 bridgehead atoms. The number of thioether (sulfide) groups is 1. The number of benzene rings is 1. The van der Waals surface area contributed by atoms with Crippen LogP contribution in [0.3, 0.4) is 0 Å². The first-order valence-corrected chi connectivity index (χ1v) is 12.4. The molecule has 7 nitrogen and oxygen atoms in total. The number of hydrogen-bond acceptors (Lipinski definition) is 7. The molecule has 168 valence electrons. The van der Waals surface area contributed by atoms with Crippen molar-refractivity contribution in [2.75, 3.05) is 51.1 Å². The van der Waals surface area contributed by atoms with E-state index in [1.165, 1.54) is 16.0 Å². The molecule has 0 saturated carbocycles. The molecule has 1 fully saturated rings. The smallest absolute Gasteiger partial charge is 0.175 e. The lowest BCUT2D eigenvalue weighted by atomic mass is 10.1. The van der Waals surface area contributed by atoms with E-state index in [-0.39, 0.29) is 6.04 Å². The highest BCUT2D eigenvalue weighted by molar-refractivity contribution is 8.02. The molecule has 0 aliphatic carbocycles. The standard InChI is InChI=1S/C24H29N5O2S/c1-32-22(4-2-3-10-28-11-14-30-15-12-28)20-6-8-23-25-26-24(29(23)27-20)17-18-5-7-21-19(16-18)9-13-31-21/h2-8,16,20,27H,9-15,17H2,1H3/b3-2+,22-4-. The van der Waals surface area contributed by atoms with Gasteiger partial charge in [-0.3, -0.25) is 4.90 Å². The predicted octanol–water partition coefficient (Wildman–Crippen LogP) is 2.88. The molecular weight excluding hydrogens is 422 g/mol. The zero-order chi connectivity index (χ0) is 21.8. The van der Waals surface area contributed by atoms with Gasteiger partial charge in [-0.05, 0) is 29.5 Å². The van der Waals surface area contributed by atoms with E-state index in [0.29, 0.717) is 0 Å². The molecule has 2 aromatic rings. The number of allylic oxidation sites excluding steroid dienone is 2. The maximum Gasteiger partial charge on any atom is 0.175 e. The molecule has 8 heteroatoms. The van der Waals surface area contributed by atoms with Crippen LogP contribution >= 0.6 is 11.8 Å². The number of nitrogens with zero attached hydrogens (tertiary/aromatic N) is 4. The lowest BCUT2D eigenvalue weighted by Gasteiger charge is -2.25. The molecule has 0 amide bonds. The van der Waals surface area contributed by atoms with E-state index in [4.69, 9.17) is 9.47 Å². The Labute approximate surface area is 193 Å². The van der Waals surface area contributed by atoms with Gasteiger partial charge in [-0.1, -0.05) is 36.4 Å². The van der Waals surface area contributed by atoms with Gasteiger partial charge in [-0.15, -0.1) is 22.0 Å². The quantitative estimate of drug-likeness (QED) is 0.650. The van der Waals surface area contributed by atoms with Crippen LogP contribution in [0.25, 0.3) is 6.08 Å². The fourth-order valence-corrected chi connectivity index (χ4v) is 4.80. The van der Waals surface area contributed by atoms with E-state index in [2.05, 4.69) is 75.4 Å². The molecule has 3 aliphatic heterocycles. The zero-order valence-electron chi connectivity index (χ0n) is 18.4. The van der Waals surface area contributed by atoms with Crippen molar-refractivity contribution < 1.29 is 9.47 Å². The van der Waals surface area contributed by atoms with Gasteiger partial charge >= 0.3 is 0 Å². The Kier molecular flexibility index (Phi) is 6.61. The Morgan fingerprint density at radius 3 is 3.03 bits per heavy atom. The number of morpholine rings is 1. The van der Waals surface area contributed by atoms with Gasteiger partial charge in [0, 0.05) is 37.4 Å². The number of ether oxygens (including phenoxy) is 2. The molecule has 3 aliphatic rings. The molecular formula is C24H29N5O2S. The van der Waals surface area contributed by atoms with Crippen molar-refractivity contribution in [3.05, 3.63) is 70.2 Å². The highest BCUT2D eigenvalue weighted by atomic mass is 32.2. The summed E-state index contributed by atoms with van der Waals surface area (Å²) in [4.78, 5) is 3.66. The van der Waals surface area contributed by atoms with Gasteiger partial charge in [0.15, 0.2) is 11.6 Å². The average molecular weight is 452 g/mol. The topological polar surface area (TPSA) is 64.4 Å². The fourth-order valence-electron chi connectivity index (χ4n) is 4.20. The normalized spacial score (nSPS) is 20.8. The van der Waals surface area contributed by atoms with Gasteiger partial charge in [0.1, 0.15) is 5.75 Å². The van der Waals surface area contributed by atoms with Crippen LogP contribution in [0.4, 0.5) is 0 Å². The van der Waals surface area contributed by atoms with Crippen LogP contribution in [0.5, 0.6) is 5.75 Å². The lowest BCUT2D eigenvalue weighted by Crippen LogP contribution is -2.36. The minimum absolute atomic E-state index is 0.0914. The maximum absolute atomic E-state index is 5.63. The second-order valence-corrected chi connectivity index (χ2v) is 8.99. The number of fused-ring (bicyclic) bond motifs is 2. The highest BCUT2D eigenvalue weighted by Crippen LogP contribution is 2.27. The van der Waals surface area contributed by atoms with E-state index in [1.807, 2.05) is 4.68 Å². The largest absolute Gasteiger partial charge is 0.493 e. The molecule has 1 atom stereocenters. The minimum Gasteiger partial charge on any atom is -0.493 e. The average Bonchev–Trinajstić information content (AvgIpc) is 3.46. The molecule has 1 aromatic heterocycles. The Bertz CT molecular complexity index is 1040. The van der Waals surface area contributed by atoms with Crippen LogP contribution < -0.4 is 10.2 Å². The summed E-state index contributed by atoms with van der Waals surface area (Å²) in [7, 11) is 0. The minimum atomic E-state index is 0.0914. The third-order valence-electron chi connectivity index (χ3n) is 5.98. The first-order valence-electron chi connectivity index (χ1n) is 11.1. The SMILES string of the molecule is CS/C(=C\C=C\CN1CCOCC1)C1C=Cc2nnc(Cc3ccc4c(c3)CCO4)n2N1. The summed E-state index contributed by atoms with van der Waals surface area (Å²) >= 11 is 1.76. The van der Waals surface area contributed by atoms with E-state index in [9.17, 15) is 0 Å². The van der Waals surface area contributed by atoms with Crippen molar-refractivity contribution >= 4 is 17.8 Å². The van der Waals surface area contributed by atoms with Crippen molar-refractivity contribution in [1.29, 1.82) is 0 Å². The van der Waals surface area contributed by atoms with Crippen LogP contribution in [0.15, 0.2) is 47.4 Å². The van der Waals surface area contributed by atoms with Crippen LogP contribution in [-0.2, 0) is 17.6 Å². The summed E-state index contributed by atoms with van der Waals surface area (Å²) in [5, 5.41) is 8.80. The zero-order valence-corrected chi connectivity index (χ0v) is 19.2. The fraction of sp³-hybridized carbons (Fsp3) is 0.417. The number of nitrogens with one attached hydrogen (secondary N) is 1. The van der Waals surface area contributed by atoms with Crippen molar-refractivity contribution in [2.45, 2.75) is 18.9 Å². The summed E-state index contributed by atoms with van der Waals surface area (Å²) in [5.74, 6) is 2.76. The molecule has 0 radical (unpaired) electrons. The van der Waals surface area contributed by atoms with Crippen molar-refractivity contribution in [3.8, 4) is 5.75 Å². The van der Waals surface area contributed by atoms with Gasteiger partial charge in [0.05, 0.1) is 25.9 Å². The Balaban J connectivity index is 1.25. The van der Waals surface area contributed by atoms with Crippen LogP contribution in [0, 0.1) is 0 Å². The Morgan fingerprint density at radius 2 is 2.16 bits per heavy atom. The summed E-state index contributed by atoms with van der Waals surface area (Å²) < 4.78 is 13.1. The number of rotatable bonds is 7. The van der Waals surface area contributed by atoms with Crippen molar-refractivity contribution in [1.82, 2.24) is 19.8 Å². The van der Waals surface area contributed by atoms with Gasteiger partial charge in [0.25, 0.3) is 0 Å². The maximum atomic E-state index is 5.63. The summed E-state index contributed by atoms with van der Waals surface area (Å²) in [6.45, 7) is 5.41. The molecule has 4 heterocycles. The highest BCUT2D eigenvalue weighted by Gasteiger charge is 2.21. The van der Waals surface area contributed by atoms with Crippen molar-refractivity contribution in [2.24, 2.45) is 0 Å². The van der Waals surface area contributed by atoms with Crippen LogP contribution in [0.2, 0.25) is 0 Å². The molecule has 5 rings (SSSR count). The lowest BCUT2D eigenvalue weighted by molar-refractivity contribution is 0.0434. The van der Waals surface area contributed by atoms with Gasteiger partial charge in [-0.2, -0.15) is 0 Å². The third kappa shape index (κ3) is 4.77. The van der Waals surface area contributed by atoms with E-state index >= 15 is 0 Å². The van der Waals surface area contributed by atoms with Crippen molar-refractivity contribution in [3.63, 3.8) is 0 Å². The Hall–Kier alpha value is -2.55. The molecule has 1 unspecified atom stereocenters. The Morgan fingerprint density at radius 1 is 1.25 bits per heavy atom. The summed E-state index contributed by atoms with van der Waals surface area (Å²) in [6.07, 6.45) is 14.6. The van der Waals surface area contributed by atoms with E-state index in [1.54, 1.807) is 11.8 Å². The predicted molar refractivity (Wildman–Crippen MR) is 129 cm³/mol. The number of aromatic nitrogens is 3. The third-order valence-corrected chi connectivity index (χ3v) is 6.84. The van der Waals surface area contributed by atoms with Gasteiger partial charge in [0.2, 0.25) is 0 Å². The second-order valence-electron chi connectivity index (χ2n) is 8.11. The van der Waals surface area contributed by atoms with Gasteiger partial charge < -0.3 is 14.9 Å². The van der Waals surface area contributed by atoms with Crippen LogP contribution in [0.1, 0.15) is 22.8 Å². The molecule has 0 spiro atoms. The van der Waals surface area contributed by atoms with Crippen LogP contribution in [-0.4, -0.2) is 71.5 Å². The first-order chi connectivity index (χ1) is 15.8. The summed E-state index contributed by atoms with van der Waals surface area (Å²) in [6, 6.07) is 6.51. The second kappa shape index (κ2) is 9.94.